The second-order valence-corrected chi connectivity index (χ2v) is 11.8. The molecule has 39 heavy (non-hydrogen) atoms. The molecule has 0 aliphatic rings. The number of phenolic OH excluding ortho intramolecular Hbond substituents is 1. The number of sulfonamides is 1. The zero-order valence-electron chi connectivity index (χ0n) is 22.8. The maximum Gasteiger partial charge on any atom is 0.229 e. The molecule has 10 heteroatoms. The summed E-state index contributed by atoms with van der Waals surface area (Å²) in [5.74, 6) is -0.262. The number of amides is 1. The lowest BCUT2D eigenvalue weighted by Gasteiger charge is -2.19. The zero-order valence-corrected chi connectivity index (χ0v) is 23.6. The van der Waals surface area contributed by atoms with E-state index in [2.05, 4.69) is 15.4 Å². The fourth-order valence-electron chi connectivity index (χ4n) is 4.13. The molecule has 0 aliphatic heterocycles. The first-order chi connectivity index (χ1) is 18.4. The number of aliphatic hydroxyl groups excluding tert-OH is 1. The molecular formula is C29H38N4O5S. The van der Waals surface area contributed by atoms with E-state index in [1.165, 1.54) is 12.1 Å². The van der Waals surface area contributed by atoms with Gasteiger partial charge in [0.05, 0.1) is 24.5 Å². The van der Waals surface area contributed by atoms with Crippen molar-refractivity contribution in [2.75, 3.05) is 36.5 Å². The molecule has 0 bridgehead atoms. The van der Waals surface area contributed by atoms with Crippen LogP contribution in [0.1, 0.15) is 35.3 Å². The van der Waals surface area contributed by atoms with E-state index in [-0.39, 0.29) is 36.4 Å². The van der Waals surface area contributed by atoms with Crippen LogP contribution in [-0.4, -0.2) is 57.5 Å². The monoisotopic (exact) mass is 554 g/mol. The Balaban J connectivity index is 1.48. The van der Waals surface area contributed by atoms with Crippen LogP contribution in [0, 0.1) is 0 Å². The Morgan fingerprint density at radius 2 is 1.67 bits per heavy atom. The molecule has 2 atom stereocenters. The number of rotatable bonds is 13. The van der Waals surface area contributed by atoms with E-state index in [1.54, 1.807) is 6.07 Å². The third kappa shape index (κ3) is 9.90. The zero-order chi connectivity index (χ0) is 28.6. The van der Waals surface area contributed by atoms with E-state index >= 15 is 0 Å². The van der Waals surface area contributed by atoms with Crippen LogP contribution in [-0.2, 0) is 34.2 Å². The molecule has 0 spiro atoms. The van der Waals surface area contributed by atoms with Gasteiger partial charge in [-0.1, -0.05) is 42.5 Å². The predicted molar refractivity (Wildman–Crippen MR) is 155 cm³/mol. The van der Waals surface area contributed by atoms with Crippen LogP contribution < -0.4 is 20.3 Å². The lowest BCUT2D eigenvalue weighted by Crippen LogP contribution is -2.32. The smallest absolute Gasteiger partial charge is 0.229 e. The summed E-state index contributed by atoms with van der Waals surface area (Å²) < 4.78 is 25.3. The lowest BCUT2D eigenvalue weighted by atomic mass is 10.0. The summed E-state index contributed by atoms with van der Waals surface area (Å²) in [6, 6.07) is 20.3. The molecule has 3 aromatic rings. The van der Waals surface area contributed by atoms with Crippen molar-refractivity contribution < 1.29 is 23.4 Å². The second-order valence-electron chi connectivity index (χ2n) is 10.0. The Labute approximate surface area is 230 Å². The molecule has 0 unspecified atom stereocenters. The van der Waals surface area contributed by atoms with E-state index in [1.807, 2.05) is 74.4 Å². The number of aromatic hydroxyl groups is 1. The topological polar surface area (TPSA) is 131 Å². The third-order valence-electron chi connectivity index (χ3n) is 6.20. The van der Waals surface area contributed by atoms with Gasteiger partial charge in [0.1, 0.15) is 5.75 Å². The van der Waals surface area contributed by atoms with E-state index in [9.17, 15) is 23.4 Å². The van der Waals surface area contributed by atoms with Gasteiger partial charge in [-0.05, 0) is 59.9 Å². The minimum atomic E-state index is -3.57. The summed E-state index contributed by atoms with van der Waals surface area (Å²) in [5, 5.41) is 26.8. The molecule has 0 saturated heterocycles. The van der Waals surface area contributed by atoms with Crippen LogP contribution in [0.4, 0.5) is 11.4 Å². The largest absolute Gasteiger partial charge is 0.506 e. The van der Waals surface area contributed by atoms with Gasteiger partial charge in [0.15, 0.2) is 0 Å². The van der Waals surface area contributed by atoms with Gasteiger partial charge in [-0.25, -0.2) is 8.42 Å². The molecule has 0 saturated carbocycles. The minimum Gasteiger partial charge on any atom is -0.506 e. The number of anilines is 2. The molecule has 210 valence electrons. The lowest BCUT2D eigenvalue weighted by molar-refractivity contribution is -0.120. The summed E-state index contributed by atoms with van der Waals surface area (Å²) in [5.41, 5.74) is 4.63. The van der Waals surface area contributed by atoms with Crippen molar-refractivity contribution >= 4 is 27.3 Å². The van der Waals surface area contributed by atoms with Crippen LogP contribution in [0.2, 0.25) is 0 Å². The van der Waals surface area contributed by atoms with Gasteiger partial charge in [0, 0.05) is 38.9 Å². The summed E-state index contributed by atoms with van der Waals surface area (Å²) >= 11 is 0. The van der Waals surface area contributed by atoms with Crippen LogP contribution in [0.25, 0.3) is 0 Å². The van der Waals surface area contributed by atoms with Crippen LogP contribution in [0.3, 0.4) is 0 Å². The van der Waals surface area contributed by atoms with Crippen LogP contribution in [0.5, 0.6) is 5.75 Å². The molecule has 0 aromatic heterocycles. The van der Waals surface area contributed by atoms with Gasteiger partial charge in [0.25, 0.3) is 0 Å². The third-order valence-corrected chi connectivity index (χ3v) is 6.79. The maximum atomic E-state index is 12.5. The van der Waals surface area contributed by atoms with Gasteiger partial charge in [-0.15, -0.1) is 0 Å². The number of benzene rings is 3. The molecule has 1 amide bonds. The number of nitrogens with one attached hydrogen (secondary N) is 3. The van der Waals surface area contributed by atoms with Crippen LogP contribution >= 0.6 is 0 Å². The highest BCUT2D eigenvalue weighted by Crippen LogP contribution is 2.27. The fraction of sp³-hybridized carbons (Fsp3) is 0.345. The maximum absolute atomic E-state index is 12.5. The second kappa shape index (κ2) is 13.5. The van der Waals surface area contributed by atoms with Crippen molar-refractivity contribution in [1.29, 1.82) is 0 Å². The molecule has 0 fully saturated rings. The Kier molecular flexibility index (Phi) is 10.3. The van der Waals surface area contributed by atoms with E-state index in [4.69, 9.17) is 0 Å². The molecule has 9 nitrogen and oxygen atoms in total. The number of nitrogens with zero attached hydrogens (tertiary/aromatic N) is 1. The summed E-state index contributed by atoms with van der Waals surface area (Å²) in [6.07, 6.45) is 1.07. The number of carbonyl (C=O) groups excluding carboxylic acids is 1. The van der Waals surface area contributed by atoms with E-state index < -0.39 is 16.1 Å². The van der Waals surface area contributed by atoms with Crippen molar-refractivity contribution in [3.8, 4) is 5.75 Å². The first kappa shape index (κ1) is 29.9. The summed E-state index contributed by atoms with van der Waals surface area (Å²) in [6.45, 7) is 2.71. The normalized spacial score (nSPS) is 12.9. The Morgan fingerprint density at radius 3 is 2.33 bits per heavy atom. The molecule has 3 rings (SSSR count). The standard InChI is InChI=1S/C29H38N4O5S/c1-20(30-19-28(35)24-10-13-27(34)26(17-24)32-39(4,37)38)14-22-6-5-7-23(15-22)16-29(36)31-18-21-8-11-25(12-9-21)33(2)3/h5-13,15,17,20,28,30,32,34-35H,14,16,18-19H2,1-4H3,(H,31,36)/t20-,28+/m1/s1. The average Bonchev–Trinajstić information content (AvgIpc) is 2.87. The fourth-order valence-corrected chi connectivity index (χ4v) is 4.69. The highest BCUT2D eigenvalue weighted by Gasteiger charge is 2.14. The Morgan fingerprint density at radius 1 is 0.974 bits per heavy atom. The minimum absolute atomic E-state index is 0.0187. The quantitative estimate of drug-likeness (QED) is 0.205. The van der Waals surface area contributed by atoms with Crippen LogP contribution in [0.15, 0.2) is 66.7 Å². The van der Waals surface area contributed by atoms with Crippen molar-refractivity contribution in [2.45, 2.75) is 38.5 Å². The van der Waals surface area contributed by atoms with Crippen molar-refractivity contribution in [3.63, 3.8) is 0 Å². The number of phenols is 1. The van der Waals surface area contributed by atoms with Gasteiger partial charge in [-0.3, -0.25) is 9.52 Å². The predicted octanol–water partition coefficient (Wildman–Crippen LogP) is 2.94. The average molecular weight is 555 g/mol. The summed E-state index contributed by atoms with van der Waals surface area (Å²) in [4.78, 5) is 14.5. The van der Waals surface area contributed by atoms with Crippen molar-refractivity contribution in [2.24, 2.45) is 0 Å². The van der Waals surface area contributed by atoms with Crippen molar-refractivity contribution in [1.82, 2.24) is 10.6 Å². The molecule has 3 aromatic carbocycles. The van der Waals surface area contributed by atoms with Gasteiger partial charge < -0.3 is 25.7 Å². The number of hydrogen-bond acceptors (Lipinski definition) is 7. The Hall–Kier alpha value is -3.60. The number of aliphatic hydroxyl groups is 1. The van der Waals surface area contributed by atoms with E-state index in [0.717, 1.165) is 28.6 Å². The highest BCUT2D eigenvalue weighted by molar-refractivity contribution is 7.92. The van der Waals surface area contributed by atoms with E-state index in [0.29, 0.717) is 18.5 Å². The molecule has 0 radical (unpaired) electrons. The number of hydrogen-bond donors (Lipinski definition) is 5. The summed E-state index contributed by atoms with van der Waals surface area (Å²) in [7, 11) is 0.407. The SMILES string of the molecule is C[C@H](Cc1cccc(CC(=O)NCc2ccc(N(C)C)cc2)c1)NC[C@H](O)c1ccc(O)c(NS(C)(=O)=O)c1. The molecule has 0 aliphatic carbocycles. The first-order valence-corrected chi connectivity index (χ1v) is 14.6. The van der Waals surface area contributed by atoms with Gasteiger partial charge in [-0.2, -0.15) is 0 Å². The van der Waals surface area contributed by atoms with Gasteiger partial charge >= 0.3 is 0 Å². The number of carbonyl (C=O) groups is 1. The van der Waals surface area contributed by atoms with Gasteiger partial charge in [0.2, 0.25) is 15.9 Å². The molecule has 5 N–H and O–H groups in total. The molecule has 0 heterocycles. The Bertz CT molecular complexity index is 1360. The highest BCUT2D eigenvalue weighted by atomic mass is 32.2. The van der Waals surface area contributed by atoms with Crippen molar-refractivity contribution in [3.05, 3.63) is 89.0 Å². The first-order valence-electron chi connectivity index (χ1n) is 12.7. The molecular weight excluding hydrogens is 516 g/mol.